The summed E-state index contributed by atoms with van der Waals surface area (Å²) in [6, 6.07) is 7.23. The van der Waals surface area contributed by atoms with Crippen molar-refractivity contribution < 1.29 is 28.7 Å². The lowest BCUT2D eigenvalue weighted by Gasteiger charge is -2.10. The number of ether oxygens (including phenoxy) is 2. The van der Waals surface area contributed by atoms with E-state index < -0.39 is 16.7 Å². The Morgan fingerprint density at radius 1 is 1.16 bits per heavy atom. The molecule has 0 unspecified atom stereocenters. The van der Waals surface area contributed by atoms with Crippen LogP contribution in [0.15, 0.2) is 36.4 Å². The van der Waals surface area contributed by atoms with E-state index in [1.165, 1.54) is 32.4 Å². The molecule has 0 fully saturated rings. The second-order valence-electron chi connectivity index (χ2n) is 4.89. The average Bonchev–Trinajstić information content (AvgIpc) is 2.59. The van der Waals surface area contributed by atoms with Crippen LogP contribution in [-0.2, 0) is 4.79 Å². The fourth-order valence-electron chi connectivity index (χ4n) is 2.21. The second-order valence-corrected chi connectivity index (χ2v) is 4.89. The van der Waals surface area contributed by atoms with Gasteiger partial charge < -0.3 is 14.6 Å². The molecule has 25 heavy (non-hydrogen) atoms. The first kappa shape index (κ1) is 17.9. The highest BCUT2D eigenvalue weighted by Gasteiger charge is 2.20. The van der Waals surface area contributed by atoms with Crippen molar-refractivity contribution >= 4 is 23.3 Å². The lowest BCUT2D eigenvalue weighted by Crippen LogP contribution is -2.01. The second kappa shape index (κ2) is 7.43. The van der Waals surface area contributed by atoms with E-state index in [1.54, 1.807) is 0 Å². The van der Waals surface area contributed by atoms with Crippen molar-refractivity contribution in [1.29, 1.82) is 0 Å². The van der Waals surface area contributed by atoms with Gasteiger partial charge in [0.15, 0.2) is 11.5 Å². The maximum Gasteiger partial charge on any atom is 0.336 e. The molecular formula is C17H14FNO6. The summed E-state index contributed by atoms with van der Waals surface area (Å²) in [6.45, 7) is 0. The Balaban J connectivity index is 2.68. The molecule has 0 amide bonds. The van der Waals surface area contributed by atoms with Crippen molar-refractivity contribution in [2.75, 3.05) is 14.2 Å². The summed E-state index contributed by atoms with van der Waals surface area (Å²) >= 11 is 0. The number of hydrogen-bond acceptors (Lipinski definition) is 5. The number of nitro groups is 1. The van der Waals surface area contributed by atoms with Gasteiger partial charge >= 0.3 is 5.97 Å². The number of carbonyl (C=O) groups is 1. The van der Waals surface area contributed by atoms with Crippen molar-refractivity contribution in [1.82, 2.24) is 0 Å². The van der Waals surface area contributed by atoms with Crippen LogP contribution in [0.1, 0.15) is 11.1 Å². The summed E-state index contributed by atoms with van der Waals surface area (Å²) in [7, 11) is 2.69. The molecule has 1 N–H and O–H groups in total. The maximum absolute atomic E-state index is 13.0. The predicted octanol–water partition coefficient (Wildman–Crippen LogP) is 3.38. The molecule has 0 aromatic heterocycles. The predicted molar refractivity (Wildman–Crippen MR) is 88.1 cm³/mol. The third kappa shape index (κ3) is 3.92. The van der Waals surface area contributed by atoms with Gasteiger partial charge in [0.25, 0.3) is 5.69 Å². The van der Waals surface area contributed by atoms with E-state index in [4.69, 9.17) is 9.47 Å². The van der Waals surface area contributed by atoms with Crippen LogP contribution in [0.25, 0.3) is 11.6 Å². The van der Waals surface area contributed by atoms with Crippen molar-refractivity contribution in [3.63, 3.8) is 0 Å². The minimum absolute atomic E-state index is 0.0179. The van der Waals surface area contributed by atoms with Crippen LogP contribution >= 0.6 is 0 Å². The lowest BCUT2D eigenvalue weighted by atomic mass is 10.0. The normalized spacial score (nSPS) is 11.1. The smallest absolute Gasteiger partial charge is 0.336 e. The molecule has 0 aliphatic carbocycles. The van der Waals surface area contributed by atoms with Gasteiger partial charge in [-0.2, -0.15) is 0 Å². The third-order valence-electron chi connectivity index (χ3n) is 3.42. The Morgan fingerprint density at radius 2 is 1.72 bits per heavy atom. The lowest BCUT2D eigenvalue weighted by molar-refractivity contribution is -0.385. The Morgan fingerprint density at radius 3 is 2.20 bits per heavy atom. The monoisotopic (exact) mass is 347 g/mol. The fraction of sp³-hybridized carbons (Fsp3) is 0.118. The zero-order valence-corrected chi connectivity index (χ0v) is 13.4. The number of methoxy groups -OCH3 is 2. The molecule has 130 valence electrons. The summed E-state index contributed by atoms with van der Waals surface area (Å²) in [6.07, 6.45) is 1.13. The fourth-order valence-corrected chi connectivity index (χ4v) is 2.21. The van der Waals surface area contributed by atoms with E-state index in [-0.39, 0.29) is 33.9 Å². The number of nitro benzene ring substituents is 1. The molecule has 2 aromatic carbocycles. The summed E-state index contributed by atoms with van der Waals surface area (Å²) < 4.78 is 23.2. The molecule has 0 aliphatic heterocycles. The Bertz CT molecular complexity index is 845. The van der Waals surface area contributed by atoms with E-state index in [0.29, 0.717) is 0 Å². The van der Waals surface area contributed by atoms with Crippen LogP contribution in [0.2, 0.25) is 0 Å². The molecule has 2 aromatic rings. The molecule has 0 aliphatic rings. The van der Waals surface area contributed by atoms with Crippen LogP contribution in [0, 0.1) is 15.9 Å². The van der Waals surface area contributed by atoms with Gasteiger partial charge in [-0.3, -0.25) is 10.1 Å². The Labute approximate surface area is 142 Å². The van der Waals surface area contributed by atoms with Gasteiger partial charge in [-0.15, -0.1) is 0 Å². The quantitative estimate of drug-likeness (QED) is 0.372. The van der Waals surface area contributed by atoms with Gasteiger partial charge in [0.1, 0.15) is 5.82 Å². The van der Waals surface area contributed by atoms with Crippen molar-refractivity contribution in [3.05, 3.63) is 63.5 Å². The topological polar surface area (TPSA) is 98.9 Å². The largest absolute Gasteiger partial charge is 0.493 e. The molecular weight excluding hydrogens is 333 g/mol. The Hall–Kier alpha value is -3.42. The third-order valence-corrected chi connectivity index (χ3v) is 3.42. The number of carboxylic acids is 1. The number of benzene rings is 2. The van der Waals surface area contributed by atoms with E-state index in [9.17, 15) is 24.4 Å². The average molecular weight is 347 g/mol. The van der Waals surface area contributed by atoms with Gasteiger partial charge in [0.2, 0.25) is 0 Å². The molecule has 0 saturated heterocycles. The number of hydrogen-bond donors (Lipinski definition) is 1. The minimum Gasteiger partial charge on any atom is -0.493 e. The first-order chi connectivity index (χ1) is 11.9. The van der Waals surface area contributed by atoms with Crippen LogP contribution < -0.4 is 9.47 Å². The molecule has 0 saturated carbocycles. The van der Waals surface area contributed by atoms with Gasteiger partial charge in [-0.05, 0) is 29.8 Å². The van der Waals surface area contributed by atoms with Crippen molar-refractivity contribution in [2.45, 2.75) is 0 Å². The van der Waals surface area contributed by atoms with Gasteiger partial charge in [-0.25, -0.2) is 9.18 Å². The molecule has 2 rings (SSSR count). The van der Waals surface area contributed by atoms with Crippen LogP contribution in [0.4, 0.5) is 10.1 Å². The molecule has 7 nitrogen and oxygen atoms in total. The number of halogens is 1. The van der Waals surface area contributed by atoms with E-state index >= 15 is 0 Å². The molecule has 0 atom stereocenters. The summed E-state index contributed by atoms with van der Waals surface area (Å²) in [5, 5.41) is 20.7. The Kier molecular flexibility index (Phi) is 5.33. The zero-order chi connectivity index (χ0) is 18.6. The summed E-state index contributed by atoms with van der Waals surface area (Å²) in [5.41, 5.74) is -0.351. The van der Waals surface area contributed by atoms with Gasteiger partial charge in [0, 0.05) is 0 Å². The van der Waals surface area contributed by atoms with Crippen LogP contribution in [0.5, 0.6) is 11.5 Å². The standard InChI is InChI=1S/C17H14FNO6/c1-24-15-8-11(14(19(22)23)9-16(15)25-2)7-13(17(20)21)10-3-5-12(18)6-4-10/h3-9H,1-2H3,(H,20,21)/b13-7-. The number of carboxylic acid groups (broad SMARTS) is 1. The van der Waals surface area contributed by atoms with Crippen LogP contribution in [-0.4, -0.2) is 30.2 Å². The number of rotatable bonds is 6. The molecule has 0 spiro atoms. The first-order valence-corrected chi connectivity index (χ1v) is 6.98. The SMILES string of the molecule is COc1cc(/C=C(\C(=O)O)c2ccc(F)cc2)c([N+](=O)[O-])cc1OC. The number of nitrogens with zero attached hydrogens (tertiary/aromatic N) is 1. The van der Waals surface area contributed by atoms with Crippen molar-refractivity contribution in [2.24, 2.45) is 0 Å². The van der Waals surface area contributed by atoms with E-state index in [1.807, 2.05) is 0 Å². The first-order valence-electron chi connectivity index (χ1n) is 6.98. The van der Waals surface area contributed by atoms with Crippen molar-refractivity contribution in [3.8, 4) is 11.5 Å². The maximum atomic E-state index is 13.0. The van der Waals surface area contributed by atoms with E-state index in [2.05, 4.69) is 0 Å². The highest BCUT2D eigenvalue weighted by molar-refractivity contribution is 6.21. The minimum atomic E-state index is -1.31. The summed E-state index contributed by atoms with van der Waals surface area (Å²) in [4.78, 5) is 22.2. The number of aliphatic carboxylic acids is 1. The summed E-state index contributed by atoms with van der Waals surface area (Å²) in [5.74, 6) is -1.48. The van der Waals surface area contributed by atoms with Gasteiger partial charge in [0.05, 0.1) is 36.3 Å². The highest BCUT2D eigenvalue weighted by Crippen LogP contribution is 2.36. The molecule has 0 heterocycles. The van der Waals surface area contributed by atoms with Crippen LogP contribution in [0.3, 0.4) is 0 Å². The highest BCUT2D eigenvalue weighted by atomic mass is 19.1. The van der Waals surface area contributed by atoms with Gasteiger partial charge in [-0.1, -0.05) is 12.1 Å². The van der Waals surface area contributed by atoms with E-state index in [0.717, 1.165) is 24.3 Å². The molecule has 0 bridgehead atoms. The molecule has 8 heteroatoms. The zero-order valence-electron chi connectivity index (χ0n) is 13.4. The molecule has 0 radical (unpaired) electrons.